The van der Waals surface area contributed by atoms with Crippen molar-refractivity contribution in [3.05, 3.63) is 59.5 Å². The van der Waals surface area contributed by atoms with E-state index in [-0.39, 0.29) is 0 Å². The number of benzene rings is 2. The standard InChI is InChI=1S/C22H19NO4S/c23-14-18-19(16-7-8-20-21(13-16)26-12-11-25-20)15-28-22(18)27-10-4-9-24-17-5-2-1-3-6-17/h1-3,5-8,13,15H,4,9-12H2. The third kappa shape index (κ3) is 4.05. The first-order valence-corrected chi connectivity index (χ1v) is 9.95. The molecule has 0 spiro atoms. The second-order valence-corrected chi connectivity index (χ2v) is 6.99. The number of hydrogen-bond acceptors (Lipinski definition) is 6. The van der Waals surface area contributed by atoms with Crippen molar-refractivity contribution in [3.63, 3.8) is 0 Å². The van der Waals surface area contributed by atoms with Crippen molar-refractivity contribution in [2.75, 3.05) is 26.4 Å². The maximum atomic E-state index is 9.64. The highest BCUT2D eigenvalue weighted by Gasteiger charge is 2.18. The minimum atomic E-state index is 0.489. The van der Waals surface area contributed by atoms with Gasteiger partial charge in [-0.25, -0.2) is 0 Å². The average Bonchev–Trinajstić information content (AvgIpc) is 3.16. The van der Waals surface area contributed by atoms with E-state index in [4.69, 9.17) is 18.9 Å². The summed E-state index contributed by atoms with van der Waals surface area (Å²) in [4.78, 5) is 0. The van der Waals surface area contributed by atoms with Crippen molar-refractivity contribution in [1.82, 2.24) is 0 Å². The SMILES string of the molecule is N#Cc1c(-c2ccc3c(c2)OCCO3)csc1OCCCOc1ccccc1. The van der Waals surface area contributed by atoms with Crippen LogP contribution in [0.3, 0.4) is 0 Å². The Bertz CT molecular complexity index is 978. The summed E-state index contributed by atoms with van der Waals surface area (Å²) in [6.45, 7) is 2.14. The number of nitriles is 1. The van der Waals surface area contributed by atoms with Crippen molar-refractivity contribution in [1.29, 1.82) is 5.26 Å². The Kier molecular flexibility index (Phi) is 5.64. The van der Waals surface area contributed by atoms with Crippen LogP contribution in [0.5, 0.6) is 22.3 Å². The van der Waals surface area contributed by atoms with Gasteiger partial charge in [0.05, 0.1) is 13.2 Å². The number of rotatable bonds is 7. The zero-order chi connectivity index (χ0) is 19.2. The largest absolute Gasteiger partial charge is 0.493 e. The first-order chi connectivity index (χ1) is 13.8. The molecule has 1 aromatic heterocycles. The van der Waals surface area contributed by atoms with Crippen LogP contribution in [-0.2, 0) is 0 Å². The Morgan fingerprint density at radius 1 is 0.964 bits per heavy atom. The van der Waals surface area contributed by atoms with E-state index in [9.17, 15) is 5.26 Å². The molecule has 6 heteroatoms. The number of ether oxygens (including phenoxy) is 4. The number of para-hydroxylation sites is 1. The topological polar surface area (TPSA) is 60.7 Å². The zero-order valence-corrected chi connectivity index (χ0v) is 16.0. The van der Waals surface area contributed by atoms with Gasteiger partial charge in [0.1, 0.15) is 30.6 Å². The number of hydrogen-bond donors (Lipinski definition) is 0. The first-order valence-electron chi connectivity index (χ1n) is 9.07. The zero-order valence-electron chi connectivity index (χ0n) is 15.2. The van der Waals surface area contributed by atoms with E-state index in [0.29, 0.717) is 42.8 Å². The molecule has 0 radical (unpaired) electrons. The smallest absolute Gasteiger partial charge is 0.192 e. The van der Waals surface area contributed by atoms with Gasteiger partial charge in [-0.15, -0.1) is 11.3 Å². The summed E-state index contributed by atoms with van der Waals surface area (Å²) in [5.41, 5.74) is 2.31. The summed E-state index contributed by atoms with van der Waals surface area (Å²) in [6, 6.07) is 17.7. The summed E-state index contributed by atoms with van der Waals surface area (Å²) in [5, 5.41) is 12.2. The summed E-state index contributed by atoms with van der Waals surface area (Å²) < 4.78 is 22.7. The maximum Gasteiger partial charge on any atom is 0.192 e. The molecular weight excluding hydrogens is 374 g/mol. The molecule has 28 heavy (non-hydrogen) atoms. The van der Waals surface area contributed by atoms with Crippen molar-refractivity contribution >= 4 is 11.3 Å². The molecule has 0 N–H and O–H groups in total. The number of nitrogens with zero attached hydrogens (tertiary/aromatic N) is 1. The van der Waals surface area contributed by atoms with Gasteiger partial charge in [-0.2, -0.15) is 5.26 Å². The summed E-state index contributed by atoms with van der Waals surface area (Å²) in [5.74, 6) is 2.29. The Morgan fingerprint density at radius 3 is 2.57 bits per heavy atom. The molecule has 0 aliphatic carbocycles. The predicted molar refractivity (Wildman–Crippen MR) is 108 cm³/mol. The molecule has 0 saturated carbocycles. The lowest BCUT2D eigenvalue weighted by atomic mass is 10.0. The molecule has 2 aromatic carbocycles. The maximum absolute atomic E-state index is 9.64. The fourth-order valence-electron chi connectivity index (χ4n) is 2.91. The molecule has 142 valence electrons. The quantitative estimate of drug-likeness (QED) is 0.534. The molecule has 0 atom stereocenters. The Morgan fingerprint density at radius 2 is 1.75 bits per heavy atom. The molecule has 1 aliphatic heterocycles. The van der Waals surface area contributed by atoms with E-state index < -0.39 is 0 Å². The molecule has 2 heterocycles. The van der Waals surface area contributed by atoms with E-state index in [0.717, 1.165) is 29.0 Å². The fourth-order valence-corrected chi connectivity index (χ4v) is 3.81. The molecule has 3 aromatic rings. The lowest BCUT2D eigenvalue weighted by Crippen LogP contribution is -2.15. The Hall–Kier alpha value is -3.17. The van der Waals surface area contributed by atoms with Gasteiger partial charge < -0.3 is 18.9 Å². The highest BCUT2D eigenvalue weighted by Crippen LogP contribution is 2.40. The van der Waals surface area contributed by atoms with Gasteiger partial charge in [0.2, 0.25) is 0 Å². The van der Waals surface area contributed by atoms with Crippen molar-refractivity contribution < 1.29 is 18.9 Å². The molecule has 1 aliphatic rings. The number of fused-ring (bicyclic) bond motifs is 1. The van der Waals surface area contributed by atoms with Crippen LogP contribution in [0.15, 0.2) is 53.9 Å². The van der Waals surface area contributed by atoms with E-state index in [1.165, 1.54) is 11.3 Å². The van der Waals surface area contributed by atoms with E-state index in [2.05, 4.69) is 6.07 Å². The van der Waals surface area contributed by atoms with Crippen molar-refractivity contribution in [2.24, 2.45) is 0 Å². The van der Waals surface area contributed by atoms with Gasteiger partial charge in [-0.05, 0) is 29.8 Å². The second-order valence-electron chi connectivity index (χ2n) is 6.15. The van der Waals surface area contributed by atoms with Crippen LogP contribution >= 0.6 is 11.3 Å². The lowest BCUT2D eigenvalue weighted by Gasteiger charge is -2.18. The van der Waals surface area contributed by atoms with Gasteiger partial charge in [0.15, 0.2) is 16.6 Å². The third-order valence-electron chi connectivity index (χ3n) is 4.26. The third-order valence-corrected chi connectivity index (χ3v) is 5.15. The summed E-state index contributed by atoms with van der Waals surface area (Å²) >= 11 is 1.43. The second kappa shape index (κ2) is 8.68. The molecule has 5 nitrogen and oxygen atoms in total. The van der Waals surface area contributed by atoms with E-state index in [1.807, 2.05) is 53.9 Å². The van der Waals surface area contributed by atoms with Gasteiger partial charge in [0, 0.05) is 17.4 Å². The molecular formula is C22H19NO4S. The Balaban J connectivity index is 1.38. The van der Waals surface area contributed by atoms with Crippen LogP contribution in [0.2, 0.25) is 0 Å². The van der Waals surface area contributed by atoms with Crippen molar-refractivity contribution in [2.45, 2.75) is 6.42 Å². The fraction of sp³-hybridized carbons (Fsp3) is 0.227. The monoisotopic (exact) mass is 393 g/mol. The first kappa shape index (κ1) is 18.2. The molecule has 0 unspecified atom stereocenters. The van der Waals surface area contributed by atoms with E-state index >= 15 is 0 Å². The summed E-state index contributed by atoms with van der Waals surface area (Å²) in [6.07, 6.45) is 0.733. The number of thiophene rings is 1. The highest BCUT2D eigenvalue weighted by molar-refractivity contribution is 7.12. The molecule has 0 fully saturated rings. The molecule has 0 bridgehead atoms. The lowest BCUT2D eigenvalue weighted by molar-refractivity contribution is 0.171. The normalized spacial score (nSPS) is 12.2. The van der Waals surface area contributed by atoms with Crippen LogP contribution < -0.4 is 18.9 Å². The average molecular weight is 393 g/mol. The van der Waals surface area contributed by atoms with Gasteiger partial charge >= 0.3 is 0 Å². The molecule has 4 rings (SSSR count). The molecule has 0 saturated heterocycles. The minimum absolute atomic E-state index is 0.489. The predicted octanol–water partition coefficient (Wildman–Crippen LogP) is 4.91. The van der Waals surface area contributed by atoms with Crippen LogP contribution in [0, 0.1) is 11.3 Å². The minimum Gasteiger partial charge on any atom is -0.493 e. The van der Waals surface area contributed by atoms with Crippen LogP contribution in [-0.4, -0.2) is 26.4 Å². The van der Waals surface area contributed by atoms with Crippen LogP contribution in [0.25, 0.3) is 11.1 Å². The van der Waals surface area contributed by atoms with Crippen LogP contribution in [0.1, 0.15) is 12.0 Å². The van der Waals surface area contributed by atoms with Gasteiger partial charge in [-0.1, -0.05) is 24.3 Å². The Labute approximate surface area is 167 Å². The highest BCUT2D eigenvalue weighted by atomic mass is 32.1. The van der Waals surface area contributed by atoms with Crippen molar-refractivity contribution in [3.8, 4) is 39.5 Å². The van der Waals surface area contributed by atoms with E-state index in [1.54, 1.807) is 0 Å². The van der Waals surface area contributed by atoms with Gasteiger partial charge in [-0.3, -0.25) is 0 Å². The molecule has 0 amide bonds. The van der Waals surface area contributed by atoms with Crippen LogP contribution in [0.4, 0.5) is 0 Å². The van der Waals surface area contributed by atoms with Gasteiger partial charge in [0.25, 0.3) is 0 Å². The summed E-state index contributed by atoms with van der Waals surface area (Å²) in [7, 11) is 0.